The number of fused-ring (bicyclic) bond motifs is 1. The van der Waals surface area contributed by atoms with E-state index >= 15 is 0 Å². The Bertz CT molecular complexity index is 772. The van der Waals surface area contributed by atoms with Gasteiger partial charge in [0.15, 0.2) is 0 Å². The summed E-state index contributed by atoms with van der Waals surface area (Å²) in [6.45, 7) is 3.25. The van der Waals surface area contributed by atoms with E-state index in [0.717, 1.165) is 5.56 Å². The summed E-state index contributed by atoms with van der Waals surface area (Å²) >= 11 is 0. The van der Waals surface area contributed by atoms with E-state index in [2.05, 4.69) is 9.71 Å². The number of carbonyl (C=O) groups is 1. The maximum atomic E-state index is 12.3. The van der Waals surface area contributed by atoms with E-state index in [1.807, 2.05) is 6.92 Å². The van der Waals surface area contributed by atoms with Gasteiger partial charge >= 0.3 is 0 Å². The second-order valence-electron chi connectivity index (χ2n) is 4.53. The number of nitrogens with two attached hydrogens (primary N) is 1. The lowest BCUT2D eigenvalue weighted by Crippen LogP contribution is -2.42. The summed E-state index contributed by atoms with van der Waals surface area (Å²) in [7, 11) is -3.84. The van der Waals surface area contributed by atoms with Gasteiger partial charge < -0.3 is 5.73 Å². The van der Waals surface area contributed by atoms with Crippen LogP contribution in [0.3, 0.4) is 0 Å². The molecule has 0 saturated carbocycles. The molecule has 20 heavy (non-hydrogen) atoms. The van der Waals surface area contributed by atoms with Crippen molar-refractivity contribution in [2.24, 2.45) is 5.73 Å². The van der Waals surface area contributed by atoms with Gasteiger partial charge in [-0.05, 0) is 37.6 Å². The monoisotopic (exact) mass is 293 g/mol. The van der Waals surface area contributed by atoms with Crippen molar-refractivity contribution in [1.29, 1.82) is 0 Å². The molecule has 7 heteroatoms. The first-order chi connectivity index (χ1) is 9.33. The van der Waals surface area contributed by atoms with E-state index in [1.54, 1.807) is 24.4 Å². The van der Waals surface area contributed by atoms with Gasteiger partial charge in [0.25, 0.3) is 0 Å². The Morgan fingerprint density at radius 2 is 2.05 bits per heavy atom. The van der Waals surface area contributed by atoms with Crippen LogP contribution in [-0.4, -0.2) is 25.4 Å². The molecule has 1 amide bonds. The summed E-state index contributed by atoms with van der Waals surface area (Å²) in [6, 6.07) is 5.54. The van der Waals surface area contributed by atoms with E-state index in [1.165, 1.54) is 13.0 Å². The fourth-order valence-corrected chi connectivity index (χ4v) is 3.29. The van der Waals surface area contributed by atoms with Crippen LogP contribution >= 0.6 is 0 Å². The van der Waals surface area contributed by atoms with Gasteiger partial charge in [-0.1, -0.05) is 6.07 Å². The van der Waals surface area contributed by atoms with Crippen molar-refractivity contribution in [3.8, 4) is 0 Å². The third-order valence-electron chi connectivity index (χ3n) is 2.98. The first-order valence-corrected chi connectivity index (χ1v) is 7.47. The second-order valence-corrected chi connectivity index (χ2v) is 6.21. The number of carbonyl (C=O) groups excluding carboxylic acids is 1. The molecule has 0 fully saturated rings. The van der Waals surface area contributed by atoms with E-state index in [-0.39, 0.29) is 4.90 Å². The number of primary amides is 1. The van der Waals surface area contributed by atoms with Gasteiger partial charge in [0.05, 0.1) is 16.5 Å². The number of sulfonamides is 1. The maximum absolute atomic E-state index is 12.3. The minimum absolute atomic E-state index is 0.0827. The van der Waals surface area contributed by atoms with E-state index in [9.17, 15) is 13.2 Å². The summed E-state index contributed by atoms with van der Waals surface area (Å²) in [5, 5.41) is 0.511. The highest BCUT2D eigenvalue weighted by molar-refractivity contribution is 7.89. The van der Waals surface area contributed by atoms with E-state index < -0.39 is 22.0 Å². The number of hydrogen-bond acceptors (Lipinski definition) is 4. The zero-order chi connectivity index (χ0) is 14.9. The Morgan fingerprint density at radius 1 is 1.35 bits per heavy atom. The highest BCUT2D eigenvalue weighted by atomic mass is 32.2. The quantitative estimate of drug-likeness (QED) is 0.866. The van der Waals surface area contributed by atoms with Crippen LogP contribution in [0.4, 0.5) is 0 Å². The van der Waals surface area contributed by atoms with E-state index in [0.29, 0.717) is 10.9 Å². The second kappa shape index (κ2) is 5.18. The van der Waals surface area contributed by atoms with Gasteiger partial charge in [0, 0.05) is 11.6 Å². The van der Waals surface area contributed by atoms with Gasteiger partial charge in [0.1, 0.15) is 0 Å². The number of benzene rings is 1. The van der Waals surface area contributed by atoms with Gasteiger partial charge in [-0.3, -0.25) is 9.78 Å². The van der Waals surface area contributed by atoms with Crippen molar-refractivity contribution in [3.05, 3.63) is 36.0 Å². The van der Waals surface area contributed by atoms with Gasteiger partial charge in [0.2, 0.25) is 15.9 Å². The summed E-state index contributed by atoms with van der Waals surface area (Å²) in [5.41, 5.74) is 6.57. The number of aromatic nitrogens is 1. The van der Waals surface area contributed by atoms with Gasteiger partial charge in [-0.25, -0.2) is 8.42 Å². The number of amides is 1. The number of pyridine rings is 1. The van der Waals surface area contributed by atoms with Crippen LogP contribution in [0.15, 0.2) is 35.4 Å². The molecule has 3 N–H and O–H groups in total. The molecule has 0 aliphatic rings. The van der Waals surface area contributed by atoms with Gasteiger partial charge in [-0.2, -0.15) is 4.72 Å². The topological polar surface area (TPSA) is 102 Å². The average Bonchev–Trinajstić information content (AvgIpc) is 2.38. The molecule has 1 aromatic heterocycles. The standard InChI is InChI=1S/C13H15N3O3S/c1-8-5-6-11(10-4-3-7-15-12(8)10)20(18,19)16-9(2)13(14)17/h3-7,9,16H,1-2H3,(H2,14,17). The summed E-state index contributed by atoms with van der Waals surface area (Å²) in [4.78, 5) is 15.3. The van der Waals surface area contributed by atoms with Gasteiger partial charge in [-0.15, -0.1) is 0 Å². The fourth-order valence-electron chi connectivity index (χ4n) is 1.88. The minimum Gasteiger partial charge on any atom is -0.368 e. The highest BCUT2D eigenvalue weighted by Crippen LogP contribution is 2.24. The maximum Gasteiger partial charge on any atom is 0.241 e. The minimum atomic E-state index is -3.84. The van der Waals surface area contributed by atoms with Crippen molar-refractivity contribution in [1.82, 2.24) is 9.71 Å². The average molecular weight is 293 g/mol. The molecule has 106 valence electrons. The summed E-state index contributed by atoms with van der Waals surface area (Å²) in [5.74, 6) is -0.733. The molecule has 0 bridgehead atoms. The number of aryl methyl sites for hydroxylation is 1. The van der Waals surface area contributed by atoms with Crippen molar-refractivity contribution in [2.45, 2.75) is 24.8 Å². The highest BCUT2D eigenvalue weighted by Gasteiger charge is 2.22. The number of nitrogens with zero attached hydrogens (tertiary/aromatic N) is 1. The molecule has 6 nitrogen and oxygen atoms in total. The summed E-state index contributed by atoms with van der Waals surface area (Å²) in [6.07, 6.45) is 1.60. The zero-order valence-corrected chi connectivity index (χ0v) is 11.9. The lowest BCUT2D eigenvalue weighted by molar-refractivity contribution is -0.119. The Morgan fingerprint density at radius 3 is 2.70 bits per heavy atom. The van der Waals surface area contributed by atoms with Crippen molar-refractivity contribution >= 4 is 26.8 Å². The molecule has 0 aliphatic heterocycles. The Labute approximate surface area is 117 Å². The fraction of sp³-hybridized carbons (Fsp3) is 0.231. The Balaban J connectivity index is 2.58. The smallest absolute Gasteiger partial charge is 0.241 e. The predicted molar refractivity (Wildman–Crippen MR) is 75.5 cm³/mol. The third-order valence-corrected chi connectivity index (χ3v) is 4.58. The van der Waals surface area contributed by atoms with Crippen LogP contribution < -0.4 is 10.5 Å². The van der Waals surface area contributed by atoms with Crippen LogP contribution in [0.25, 0.3) is 10.9 Å². The third kappa shape index (κ3) is 2.63. The molecule has 1 heterocycles. The van der Waals surface area contributed by atoms with Crippen LogP contribution in [0.2, 0.25) is 0 Å². The largest absolute Gasteiger partial charge is 0.368 e. The van der Waals surface area contributed by atoms with Crippen LogP contribution in [-0.2, 0) is 14.8 Å². The zero-order valence-electron chi connectivity index (χ0n) is 11.1. The van der Waals surface area contributed by atoms with E-state index in [4.69, 9.17) is 5.73 Å². The van der Waals surface area contributed by atoms with Crippen LogP contribution in [0, 0.1) is 6.92 Å². The SMILES string of the molecule is Cc1ccc(S(=O)(=O)NC(C)C(N)=O)c2cccnc12. The molecule has 1 aromatic carbocycles. The van der Waals surface area contributed by atoms with Crippen molar-refractivity contribution in [2.75, 3.05) is 0 Å². The van der Waals surface area contributed by atoms with Crippen molar-refractivity contribution in [3.63, 3.8) is 0 Å². The van der Waals surface area contributed by atoms with Crippen LogP contribution in [0.5, 0.6) is 0 Å². The molecule has 1 unspecified atom stereocenters. The Kier molecular flexibility index (Phi) is 3.74. The molecule has 0 aliphatic carbocycles. The normalized spacial score (nSPS) is 13.3. The molecular formula is C13H15N3O3S. The first-order valence-electron chi connectivity index (χ1n) is 5.99. The number of nitrogens with one attached hydrogen (secondary N) is 1. The lowest BCUT2D eigenvalue weighted by atomic mass is 10.1. The Hall–Kier alpha value is -1.99. The molecule has 2 aromatic rings. The number of rotatable bonds is 4. The lowest BCUT2D eigenvalue weighted by Gasteiger charge is -2.13. The molecule has 0 radical (unpaired) electrons. The first kappa shape index (κ1) is 14.4. The number of hydrogen-bond donors (Lipinski definition) is 2. The van der Waals surface area contributed by atoms with Crippen LogP contribution in [0.1, 0.15) is 12.5 Å². The molecule has 2 rings (SSSR count). The predicted octanol–water partition coefficient (Wildman–Crippen LogP) is 0.695. The molecule has 0 saturated heterocycles. The summed E-state index contributed by atoms with van der Waals surface area (Å²) < 4.78 is 26.9. The molecule has 1 atom stereocenters. The molecule has 0 spiro atoms. The van der Waals surface area contributed by atoms with Crippen molar-refractivity contribution < 1.29 is 13.2 Å². The molecular weight excluding hydrogens is 278 g/mol.